The molecule has 10 nitrogen and oxygen atoms in total. The second kappa shape index (κ2) is 4.61. The lowest BCUT2D eigenvalue weighted by molar-refractivity contribution is -0.527. The highest BCUT2D eigenvalue weighted by atomic mass is 16.2. The molecule has 0 bridgehead atoms. The molecule has 10 heteroatoms. The van der Waals surface area contributed by atoms with Gasteiger partial charge in [0.1, 0.15) is 6.54 Å². The number of amidine groups is 1. The van der Waals surface area contributed by atoms with Crippen LogP contribution in [-0.2, 0) is 9.59 Å². The number of carbonyl (C=O) groups is 3. The number of rotatable bonds is 2. The Labute approximate surface area is 126 Å². The van der Waals surface area contributed by atoms with Crippen molar-refractivity contribution < 1.29 is 19.0 Å². The number of urea groups is 1. The molecule has 3 aliphatic heterocycles. The number of nitrogens with zero attached hydrogens (tertiary/aromatic N) is 6. The van der Waals surface area contributed by atoms with Crippen molar-refractivity contribution in [2.45, 2.75) is 13.0 Å². The van der Waals surface area contributed by atoms with Crippen molar-refractivity contribution in [2.24, 2.45) is 15.8 Å². The molecule has 116 valence electrons. The third kappa shape index (κ3) is 1.87. The monoisotopic (exact) mass is 306 g/mol. The van der Waals surface area contributed by atoms with Gasteiger partial charge in [0.05, 0.1) is 5.71 Å². The minimum atomic E-state index is -0.691. The Bertz CT molecular complexity index is 693. The van der Waals surface area contributed by atoms with Gasteiger partial charge in [0.2, 0.25) is 11.9 Å². The van der Waals surface area contributed by atoms with Crippen LogP contribution in [0.4, 0.5) is 4.79 Å². The van der Waals surface area contributed by atoms with E-state index in [9.17, 15) is 14.4 Å². The minimum Gasteiger partial charge on any atom is -0.367 e. The number of fused-ring (bicyclic) bond motifs is 2. The Hall–Kier alpha value is -2.78. The molecular weight excluding hydrogens is 290 g/mol. The standard InChI is InChI=1S/C12H15N7O3/c1-6-4-18-8-9(16(2)12(22)17(3)10(8)21)14-11(18)19(15-6)5-7(13)20/h8H,4-5H2,1-3H3,(H-,13,20)/p+1. The van der Waals surface area contributed by atoms with Crippen LogP contribution in [0.25, 0.3) is 0 Å². The lowest BCUT2D eigenvalue weighted by atomic mass is 10.1. The maximum Gasteiger partial charge on any atom is 0.417 e. The van der Waals surface area contributed by atoms with Gasteiger partial charge in [-0.05, 0) is 6.92 Å². The van der Waals surface area contributed by atoms with Gasteiger partial charge in [-0.25, -0.2) is 9.37 Å². The number of hydrogen-bond acceptors (Lipinski definition) is 6. The van der Waals surface area contributed by atoms with E-state index in [2.05, 4.69) is 10.1 Å². The Balaban J connectivity index is 2.05. The van der Waals surface area contributed by atoms with Crippen LogP contribution in [0.15, 0.2) is 10.1 Å². The van der Waals surface area contributed by atoms with E-state index in [0.717, 1.165) is 10.6 Å². The van der Waals surface area contributed by atoms with E-state index in [1.165, 1.54) is 17.0 Å². The lowest BCUT2D eigenvalue weighted by Crippen LogP contribution is -2.62. The number of primary amides is 1. The average molecular weight is 306 g/mol. The maximum atomic E-state index is 12.4. The van der Waals surface area contributed by atoms with Gasteiger partial charge < -0.3 is 5.73 Å². The number of hydrogen-bond donors (Lipinski definition) is 1. The van der Waals surface area contributed by atoms with Crippen molar-refractivity contribution in [2.75, 3.05) is 27.2 Å². The zero-order valence-electron chi connectivity index (χ0n) is 12.5. The molecule has 0 aliphatic carbocycles. The second-order valence-corrected chi connectivity index (χ2v) is 5.40. The molecule has 0 aromatic heterocycles. The van der Waals surface area contributed by atoms with Crippen molar-refractivity contribution in [3.8, 4) is 0 Å². The molecule has 3 rings (SSSR count). The Morgan fingerprint density at radius 3 is 2.68 bits per heavy atom. The molecule has 2 N–H and O–H groups in total. The normalized spacial score (nSPS) is 24.3. The number of carbonyl (C=O) groups excluding carboxylic acids is 3. The third-order valence-corrected chi connectivity index (χ3v) is 3.74. The van der Waals surface area contributed by atoms with Crippen LogP contribution in [0, 0.1) is 0 Å². The van der Waals surface area contributed by atoms with Gasteiger partial charge in [0, 0.05) is 14.1 Å². The molecule has 0 saturated carbocycles. The fourth-order valence-electron chi connectivity index (χ4n) is 2.74. The molecule has 0 spiro atoms. The molecule has 1 unspecified atom stereocenters. The lowest BCUT2D eigenvalue weighted by Gasteiger charge is -2.32. The first-order valence-electron chi connectivity index (χ1n) is 6.68. The van der Waals surface area contributed by atoms with E-state index in [0.29, 0.717) is 18.3 Å². The molecule has 1 saturated heterocycles. The topological polar surface area (TPSA) is 115 Å². The van der Waals surface area contributed by atoms with Crippen LogP contribution < -0.4 is 5.73 Å². The SMILES string of the molecule is CC1=NN(CC(N)=O)C2=[N+](C1)C1C(=O)N(C)C(=O)N(C)C1=N2. The minimum absolute atomic E-state index is 0.144. The van der Waals surface area contributed by atoms with Gasteiger partial charge in [0.15, 0.2) is 6.54 Å². The van der Waals surface area contributed by atoms with Crippen LogP contribution in [-0.4, -0.2) is 88.0 Å². The molecule has 1 fully saturated rings. The molecule has 0 aromatic rings. The highest BCUT2D eigenvalue weighted by molar-refractivity contribution is 6.23. The second-order valence-electron chi connectivity index (χ2n) is 5.40. The maximum absolute atomic E-state index is 12.4. The fraction of sp³-hybridized carbons (Fsp3) is 0.500. The van der Waals surface area contributed by atoms with Crippen molar-refractivity contribution in [3.63, 3.8) is 0 Å². The largest absolute Gasteiger partial charge is 0.417 e. The first kappa shape index (κ1) is 14.2. The third-order valence-electron chi connectivity index (χ3n) is 3.74. The summed E-state index contributed by atoms with van der Waals surface area (Å²) in [6, 6.07) is -1.14. The predicted octanol–water partition coefficient (Wildman–Crippen LogP) is -2.16. The van der Waals surface area contributed by atoms with Crippen molar-refractivity contribution in [1.82, 2.24) is 14.8 Å². The number of hydrazone groups is 1. The molecular formula is C12H16N7O3+. The smallest absolute Gasteiger partial charge is 0.367 e. The van der Waals surface area contributed by atoms with E-state index in [-0.39, 0.29) is 12.5 Å². The summed E-state index contributed by atoms with van der Waals surface area (Å²) in [7, 11) is 2.99. The van der Waals surface area contributed by atoms with Gasteiger partial charge >= 0.3 is 12.0 Å². The number of imide groups is 1. The van der Waals surface area contributed by atoms with Crippen LogP contribution >= 0.6 is 0 Å². The fourth-order valence-corrected chi connectivity index (χ4v) is 2.74. The van der Waals surface area contributed by atoms with Crippen molar-refractivity contribution >= 4 is 35.4 Å². The van der Waals surface area contributed by atoms with Crippen LogP contribution in [0.1, 0.15) is 6.92 Å². The summed E-state index contributed by atoms with van der Waals surface area (Å²) < 4.78 is 1.72. The highest BCUT2D eigenvalue weighted by Crippen LogP contribution is 2.21. The number of guanidine groups is 1. The van der Waals surface area contributed by atoms with Crippen LogP contribution in [0.5, 0.6) is 0 Å². The molecule has 0 aromatic carbocycles. The van der Waals surface area contributed by atoms with Gasteiger partial charge in [0.25, 0.3) is 11.8 Å². The molecule has 22 heavy (non-hydrogen) atoms. The van der Waals surface area contributed by atoms with E-state index >= 15 is 0 Å². The summed E-state index contributed by atoms with van der Waals surface area (Å²) in [5.74, 6) is -0.227. The Morgan fingerprint density at radius 2 is 2.05 bits per heavy atom. The summed E-state index contributed by atoms with van der Waals surface area (Å²) in [6.45, 7) is 2.03. The van der Waals surface area contributed by atoms with E-state index in [4.69, 9.17) is 5.73 Å². The summed E-state index contributed by atoms with van der Waals surface area (Å²) in [5.41, 5.74) is 5.95. The summed E-state index contributed by atoms with van der Waals surface area (Å²) in [4.78, 5) is 42.4. The first-order chi connectivity index (χ1) is 10.3. The van der Waals surface area contributed by atoms with Gasteiger partial charge in [-0.2, -0.15) is 0 Å². The van der Waals surface area contributed by atoms with Gasteiger partial charge in [-0.15, -0.1) is 10.1 Å². The number of nitrogens with two attached hydrogens (primary N) is 1. The number of likely N-dealkylation sites (N-methyl/N-ethyl adjacent to an activating group) is 2. The summed E-state index contributed by atoms with van der Waals surface area (Å²) in [5, 5.41) is 5.61. The van der Waals surface area contributed by atoms with E-state index in [1.54, 1.807) is 18.5 Å². The average Bonchev–Trinajstić information content (AvgIpc) is 2.81. The number of amides is 4. The highest BCUT2D eigenvalue weighted by Gasteiger charge is 2.53. The van der Waals surface area contributed by atoms with Crippen LogP contribution in [0.2, 0.25) is 0 Å². The van der Waals surface area contributed by atoms with E-state index < -0.39 is 18.0 Å². The van der Waals surface area contributed by atoms with Crippen molar-refractivity contribution in [3.05, 3.63) is 0 Å². The van der Waals surface area contributed by atoms with Gasteiger partial charge in [-0.1, -0.05) is 4.99 Å². The Kier molecular flexibility index (Phi) is 2.97. The summed E-state index contributed by atoms with van der Waals surface area (Å²) in [6.07, 6.45) is 0. The van der Waals surface area contributed by atoms with Crippen LogP contribution in [0.3, 0.4) is 0 Å². The predicted molar refractivity (Wildman–Crippen MR) is 76.3 cm³/mol. The van der Waals surface area contributed by atoms with Crippen molar-refractivity contribution in [1.29, 1.82) is 0 Å². The molecule has 3 aliphatic rings. The molecule has 1 atom stereocenters. The number of aliphatic imine (C=N–C) groups is 1. The van der Waals surface area contributed by atoms with Gasteiger partial charge in [-0.3, -0.25) is 19.4 Å². The summed E-state index contributed by atoms with van der Waals surface area (Å²) >= 11 is 0. The zero-order chi connectivity index (χ0) is 16.2. The first-order valence-corrected chi connectivity index (χ1v) is 6.68. The molecule has 4 amide bonds. The zero-order valence-corrected chi connectivity index (χ0v) is 12.5. The Morgan fingerprint density at radius 1 is 1.36 bits per heavy atom. The molecule has 0 radical (unpaired) electrons. The molecule has 3 heterocycles. The quantitative estimate of drug-likeness (QED) is 0.585. The van der Waals surface area contributed by atoms with E-state index in [1.807, 2.05) is 0 Å².